The zero-order valence-corrected chi connectivity index (χ0v) is 7.15. The van der Waals surface area contributed by atoms with Crippen molar-refractivity contribution in [2.75, 3.05) is 0 Å². The number of hydrogen-bond donors (Lipinski definition) is 1. The lowest BCUT2D eigenvalue weighted by Gasteiger charge is -2.16. The Labute approximate surface area is 64.2 Å². The summed E-state index contributed by atoms with van der Waals surface area (Å²) in [6, 6.07) is 1.04. The molecule has 10 heavy (non-hydrogen) atoms. The molecule has 0 bridgehead atoms. The van der Waals surface area contributed by atoms with E-state index in [1.807, 2.05) is 0 Å². The van der Waals surface area contributed by atoms with Crippen LogP contribution in [0.5, 0.6) is 0 Å². The van der Waals surface area contributed by atoms with Crippen molar-refractivity contribution in [1.29, 1.82) is 0 Å². The fourth-order valence-electron chi connectivity index (χ4n) is 0.935. The minimum atomic E-state index is 0.505. The van der Waals surface area contributed by atoms with Gasteiger partial charge in [0.2, 0.25) is 0 Å². The van der Waals surface area contributed by atoms with Crippen molar-refractivity contribution < 1.29 is 0 Å². The molecule has 1 unspecified atom stereocenters. The quantitative estimate of drug-likeness (QED) is 0.585. The van der Waals surface area contributed by atoms with Crippen molar-refractivity contribution in [3.63, 3.8) is 0 Å². The first-order valence-electron chi connectivity index (χ1n) is 3.90. The highest BCUT2D eigenvalue weighted by Gasteiger charge is 2.03. The molecule has 1 atom stereocenters. The van der Waals surface area contributed by atoms with Gasteiger partial charge in [0.15, 0.2) is 0 Å². The summed E-state index contributed by atoms with van der Waals surface area (Å²) < 4.78 is 0. The molecule has 1 nitrogen and oxygen atoms in total. The van der Waals surface area contributed by atoms with E-state index >= 15 is 0 Å². The summed E-state index contributed by atoms with van der Waals surface area (Å²) >= 11 is 0. The highest BCUT2D eigenvalue weighted by Crippen LogP contribution is 1.96. The van der Waals surface area contributed by atoms with E-state index in [0.29, 0.717) is 12.1 Å². The standard InChI is InChI=1S/C9H17N/c1-5-7-9(6-2)10-8(3)4/h1,8-10H,6-7H2,2-4H3. The zero-order chi connectivity index (χ0) is 7.98. The molecule has 1 heteroatoms. The van der Waals surface area contributed by atoms with Crippen molar-refractivity contribution in [2.45, 2.75) is 45.7 Å². The molecule has 0 heterocycles. The van der Waals surface area contributed by atoms with Crippen LogP contribution >= 0.6 is 0 Å². The topological polar surface area (TPSA) is 12.0 Å². The molecule has 0 aliphatic heterocycles. The molecule has 0 aromatic rings. The van der Waals surface area contributed by atoms with Crippen LogP contribution < -0.4 is 5.32 Å². The Kier molecular flexibility index (Phi) is 5.06. The third kappa shape index (κ3) is 4.40. The Hall–Kier alpha value is -0.480. The Morgan fingerprint density at radius 2 is 2.10 bits per heavy atom. The van der Waals surface area contributed by atoms with E-state index in [0.717, 1.165) is 12.8 Å². The number of terminal acetylenes is 1. The van der Waals surface area contributed by atoms with E-state index in [2.05, 4.69) is 32.0 Å². The minimum Gasteiger partial charge on any atom is -0.311 e. The van der Waals surface area contributed by atoms with Crippen LogP contribution in [-0.4, -0.2) is 12.1 Å². The second-order valence-electron chi connectivity index (χ2n) is 2.83. The molecule has 0 saturated heterocycles. The molecule has 0 aromatic carbocycles. The van der Waals surface area contributed by atoms with Crippen LogP contribution in [0.1, 0.15) is 33.6 Å². The maximum atomic E-state index is 5.19. The maximum absolute atomic E-state index is 5.19. The predicted molar refractivity (Wildman–Crippen MR) is 45.8 cm³/mol. The Balaban J connectivity index is 3.52. The average molecular weight is 139 g/mol. The summed E-state index contributed by atoms with van der Waals surface area (Å²) in [5, 5.41) is 3.39. The third-order valence-corrected chi connectivity index (χ3v) is 1.43. The first-order valence-corrected chi connectivity index (χ1v) is 3.90. The molecule has 0 fully saturated rings. The van der Waals surface area contributed by atoms with Crippen molar-refractivity contribution in [3.05, 3.63) is 0 Å². The lowest BCUT2D eigenvalue weighted by atomic mass is 10.1. The zero-order valence-electron chi connectivity index (χ0n) is 7.15. The van der Waals surface area contributed by atoms with Gasteiger partial charge >= 0.3 is 0 Å². The van der Waals surface area contributed by atoms with Crippen molar-refractivity contribution >= 4 is 0 Å². The van der Waals surface area contributed by atoms with Gasteiger partial charge in [-0.2, -0.15) is 0 Å². The first-order chi connectivity index (χ1) is 4.70. The summed E-state index contributed by atoms with van der Waals surface area (Å²) in [6.45, 7) is 6.43. The molecular weight excluding hydrogens is 122 g/mol. The van der Waals surface area contributed by atoms with Gasteiger partial charge in [0.25, 0.3) is 0 Å². The smallest absolute Gasteiger partial charge is 0.0240 e. The van der Waals surface area contributed by atoms with E-state index in [9.17, 15) is 0 Å². The molecule has 0 rings (SSSR count). The van der Waals surface area contributed by atoms with E-state index < -0.39 is 0 Å². The van der Waals surface area contributed by atoms with E-state index in [-0.39, 0.29) is 0 Å². The van der Waals surface area contributed by atoms with Crippen LogP contribution in [0.25, 0.3) is 0 Å². The van der Waals surface area contributed by atoms with Crippen LogP contribution in [0.3, 0.4) is 0 Å². The second-order valence-corrected chi connectivity index (χ2v) is 2.83. The molecule has 0 amide bonds. The van der Waals surface area contributed by atoms with Gasteiger partial charge < -0.3 is 5.32 Å². The van der Waals surface area contributed by atoms with E-state index in [4.69, 9.17) is 6.42 Å². The molecular formula is C9H17N. The van der Waals surface area contributed by atoms with Crippen LogP contribution in [0.4, 0.5) is 0 Å². The number of nitrogens with one attached hydrogen (secondary N) is 1. The molecule has 0 spiro atoms. The van der Waals surface area contributed by atoms with Crippen LogP contribution in [-0.2, 0) is 0 Å². The van der Waals surface area contributed by atoms with E-state index in [1.54, 1.807) is 0 Å². The molecule has 1 N–H and O–H groups in total. The van der Waals surface area contributed by atoms with Gasteiger partial charge in [0.1, 0.15) is 0 Å². The van der Waals surface area contributed by atoms with Gasteiger partial charge in [-0.1, -0.05) is 20.8 Å². The molecule has 0 radical (unpaired) electrons. The van der Waals surface area contributed by atoms with Gasteiger partial charge in [-0.3, -0.25) is 0 Å². The number of rotatable bonds is 4. The molecule has 0 aliphatic carbocycles. The molecule has 0 aliphatic rings. The van der Waals surface area contributed by atoms with Crippen LogP contribution in [0.2, 0.25) is 0 Å². The maximum Gasteiger partial charge on any atom is 0.0240 e. The summed E-state index contributed by atoms with van der Waals surface area (Å²) in [7, 11) is 0. The van der Waals surface area contributed by atoms with Gasteiger partial charge in [-0.25, -0.2) is 0 Å². The van der Waals surface area contributed by atoms with Crippen molar-refractivity contribution in [2.24, 2.45) is 0 Å². The summed E-state index contributed by atoms with van der Waals surface area (Å²) in [5.41, 5.74) is 0. The fourth-order valence-corrected chi connectivity index (χ4v) is 0.935. The highest BCUT2D eigenvalue weighted by atomic mass is 14.9. The van der Waals surface area contributed by atoms with E-state index in [1.165, 1.54) is 0 Å². The molecule has 0 aromatic heterocycles. The second kappa shape index (κ2) is 5.32. The monoisotopic (exact) mass is 139 g/mol. The highest BCUT2D eigenvalue weighted by molar-refractivity contribution is 4.89. The minimum absolute atomic E-state index is 0.505. The third-order valence-electron chi connectivity index (χ3n) is 1.43. The van der Waals surface area contributed by atoms with Gasteiger partial charge in [0.05, 0.1) is 0 Å². The lowest BCUT2D eigenvalue weighted by molar-refractivity contribution is 0.458. The SMILES string of the molecule is C#CCC(CC)NC(C)C. The van der Waals surface area contributed by atoms with Crippen LogP contribution in [0, 0.1) is 12.3 Å². The predicted octanol–water partition coefficient (Wildman–Crippen LogP) is 1.79. The van der Waals surface area contributed by atoms with Crippen molar-refractivity contribution in [1.82, 2.24) is 5.32 Å². The van der Waals surface area contributed by atoms with Gasteiger partial charge in [-0.15, -0.1) is 12.3 Å². The Bertz CT molecular complexity index is 110. The summed E-state index contributed by atoms with van der Waals surface area (Å²) in [4.78, 5) is 0. The Morgan fingerprint density at radius 1 is 1.50 bits per heavy atom. The summed E-state index contributed by atoms with van der Waals surface area (Å²) in [5.74, 6) is 2.66. The summed E-state index contributed by atoms with van der Waals surface area (Å²) in [6.07, 6.45) is 7.15. The van der Waals surface area contributed by atoms with Gasteiger partial charge in [0, 0.05) is 18.5 Å². The normalized spacial score (nSPS) is 13.1. The lowest BCUT2D eigenvalue weighted by Crippen LogP contribution is -2.33. The Morgan fingerprint density at radius 3 is 2.40 bits per heavy atom. The number of hydrogen-bond acceptors (Lipinski definition) is 1. The molecule has 58 valence electrons. The fraction of sp³-hybridized carbons (Fsp3) is 0.778. The van der Waals surface area contributed by atoms with Crippen LogP contribution in [0.15, 0.2) is 0 Å². The largest absolute Gasteiger partial charge is 0.311 e. The molecule has 0 saturated carbocycles. The average Bonchev–Trinajstić information content (AvgIpc) is 1.86. The van der Waals surface area contributed by atoms with Gasteiger partial charge in [-0.05, 0) is 6.42 Å². The first kappa shape index (κ1) is 9.52. The van der Waals surface area contributed by atoms with Crippen molar-refractivity contribution in [3.8, 4) is 12.3 Å².